The lowest BCUT2D eigenvalue weighted by Crippen LogP contribution is -2.39. The van der Waals surface area contributed by atoms with Crippen LogP contribution in [-0.2, 0) is 14.9 Å². The van der Waals surface area contributed by atoms with Gasteiger partial charge < -0.3 is 4.74 Å². The first kappa shape index (κ1) is 13.1. The molecule has 0 aliphatic rings. The zero-order chi connectivity index (χ0) is 12.9. The van der Waals surface area contributed by atoms with Crippen molar-refractivity contribution >= 4 is 5.97 Å². The average Bonchev–Trinajstić information content (AvgIpc) is 2.36. The first-order valence-corrected chi connectivity index (χ1v) is 5.21. The first-order valence-electron chi connectivity index (χ1n) is 5.21. The maximum absolute atomic E-state index is 11.6. The quantitative estimate of drug-likeness (QED) is 0.347. The molecule has 0 N–H and O–H groups in total. The van der Waals surface area contributed by atoms with Crippen LogP contribution in [0.1, 0.15) is 19.4 Å². The van der Waals surface area contributed by atoms with Gasteiger partial charge in [-0.05, 0) is 11.1 Å². The lowest BCUT2D eigenvalue weighted by molar-refractivity contribution is -0.143. The summed E-state index contributed by atoms with van der Waals surface area (Å²) in [6.45, 7) is 3.69. The summed E-state index contributed by atoms with van der Waals surface area (Å²) in [6.07, 6.45) is 0. The van der Waals surface area contributed by atoms with E-state index in [4.69, 9.17) is 5.53 Å². The molecule has 1 atom stereocenters. The first-order chi connectivity index (χ1) is 8.04. The average molecular weight is 233 g/mol. The topological polar surface area (TPSA) is 75.1 Å². The van der Waals surface area contributed by atoms with Crippen molar-refractivity contribution < 1.29 is 9.53 Å². The van der Waals surface area contributed by atoms with Crippen LogP contribution >= 0.6 is 0 Å². The number of esters is 1. The zero-order valence-electron chi connectivity index (χ0n) is 10.1. The Bertz CT molecular complexity index is 436. The van der Waals surface area contributed by atoms with Crippen LogP contribution in [0.25, 0.3) is 10.4 Å². The van der Waals surface area contributed by atoms with Crippen LogP contribution in [0.15, 0.2) is 35.4 Å². The van der Waals surface area contributed by atoms with E-state index in [0.29, 0.717) is 0 Å². The Morgan fingerprint density at radius 3 is 2.47 bits per heavy atom. The lowest BCUT2D eigenvalue weighted by Gasteiger charge is -2.29. The third-order valence-electron chi connectivity index (χ3n) is 2.79. The van der Waals surface area contributed by atoms with E-state index in [0.717, 1.165) is 5.56 Å². The number of rotatable bonds is 4. The van der Waals surface area contributed by atoms with Gasteiger partial charge in [-0.25, -0.2) is 0 Å². The molecule has 1 aromatic rings. The Labute approximate surface area is 100 Å². The molecule has 0 aliphatic carbocycles. The summed E-state index contributed by atoms with van der Waals surface area (Å²) < 4.78 is 4.67. The number of nitrogens with zero attached hydrogens (tertiary/aromatic N) is 3. The molecule has 0 spiro atoms. The van der Waals surface area contributed by atoms with Crippen LogP contribution in [0.4, 0.5) is 0 Å². The molecule has 0 heterocycles. The Balaban J connectivity index is 3.17. The maximum Gasteiger partial charge on any atom is 0.315 e. The Morgan fingerprint density at radius 1 is 1.41 bits per heavy atom. The minimum atomic E-state index is -0.875. The summed E-state index contributed by atoms with van der Waals surface area (Å²) in [7, 11) is 1.28. The second-order valence-electron chi connectivity index (χ2n) is 4.22. The smallest absolute Gasteiger partial charge is 0.315 e. The largest absolute Gasteiger partial charge is 0.469 e. The van der Waals surface area contributed by atoms with E-state index in [9.17, 15) is 4.79 Å². The van der Waals surface area contributed by atoms with E-state index >= 15 is 0 Å². The SMILES string of the molecule is COC(=O)C(N=[N+]=[N-])C(C)(C)c1ccccc1. The van der Waals surface area contributed by atoms with Crippen molar-refractivity contribution in [1.82, 2.24) is 0 Å². The van der Waals surface area contributed by atoms with Crippen molar-refractivity contribution in [3.63, 3.8) is 0 Å². The third-order valence-corrected chi connectivity index (χ3v) is 2.79. The minimum Gasteiger partial charge on any atom is -0.469 e. The molecular formula is C12H15N3O2. The molecule has 0 saturated carbocycles. The molecule has 1 rings (SSSR count). The van der Waals surface area contributed by atoms with Crippen molar-refractivity contribution in [2.75, 3.05) is 7.11 Å². The number of benzene rings is 1. The van der Waals surface area contributed by atoms with Gasteiger partial charge in [0.25, 0.3) is 0 Å². The minimum absolute atomic E-state index is 0.531. The van der Waals surface area contributed by atoms with E-state index in [1.807, 2.05) is 44.2 Å². The number of ether oxygens (including phenoxy) is 1. The number of carbonyl (C=O) groups is 1. The van der Waals surface area contributed by atoms with Gasteiger partial charge in [0.1, 0.15) is 6.04 Å². The summed E-state index contributed by atoms with van der Waals surface area (Å²) in [5.41, 5.74) is 8.85. The monoisotopic (exact) mass is 233 g/mol. The van der Waals surface area contributed by atoms with Crippen LogP contribution in [0.5, 0.6) is 0 Å². The lowest BCUT2D eigenvalue weighted by atomic mass is 9.78. The predicted molar refractivity (Wildman–Crippen MR) is 64.4 cm³/mol. The van der Waals surface area contributed by atoms with Crippen molar-refractivity contribution in [3.05, 3.63) is 46.3 Å². The van der Waals surface area contributed by atoms with Gasteiger partial charge in [-0.3, -0.25) is 4.79 Å². The molecule has 5 nitrogen and oxygen atoms in total. The van der Waals surface area contributed by atoms with Crippen LogP contribution in [0.3, 0.4) is 0 Å². The molecule has 17 heavy (non-hydrogen) atoms. The van der Waals surface area contributed by atoms with Crippen molar-refractivity contribution in [3.8, 4) is 0 Å². The van der Waals surface area contributed by atoms with E-state index in [1.165, 1.54) is 7.11 Å². The molecule has 5 heteroatoms. The maximum atomic E-state index is 11.6. The van der Waals surface area contributed by atoms with Crippen LogP contribution in [0, 0.1) is 0 Å². The molecule has 0 saturated heterocycles. The molecule has 0 radical (unpaired) electrons. The highest BCUT2D eigenvalue weighted by molar-refractivity contribution is 5.78. The number of hydrogen-bond acceptors (Lipinski definition) is 3. The predicted octanol–water partition coefficient (Wildman–Crippen LogP) is 2.82. The van der Waals surface area contributed by atoms with Crippen LogP contribution in [-0.4, -0.2) is 19.1 Å². The molecule has 90 valence electrons. The fourth-order valence-electron chi connectivity index (χ4n) is 1.67. The van der Waals surface area contributed by atoms with Gasteiger partial charge in [-0.2, -0.15) is 0 Å². The highest BCUT2D eigenvalue weighted by atomic mass is 16.5. The Kier molecular flexibility index (Phi) is 4.12. The molecule has 0 fully saturated rings. The normalized spacial score (nSPS) is 12.4. The molecule has 1 aromatic carbocycles. The van der Waals surface area contributed by atoms with E-state index in [1.54, 1.807) is 0 Å². The van der Waals surface area contributed by atoms with E-state index in [-0.39, 0.29) is 0 Å². The second kappa shape index (κ2) is 5.37. The van der Waals surface area contributed by atoms with Crippen LogP contribution < -0.4 is 0 Å². The number of carbonyl (C=O) groups excluding carboxylic acids is 1. The number of methoxy groups -OCH3 is 1. The van der Waals surface area contributed by atoms with Crippen molar-refractivity contribution in [2.45, 2.75) is 25.3 Å². The summed E-state index contributed by atoms with van der Waals surface area (Å²) in [4.78, 5) is 14.4. The fraction of sp³-hybridized carbons (Fsp3) is 0.417. The van der Waals surface area contributed by atoms with Gasteiger partial charge in [-0.15, -0.1) is 0 Å². The summed E-state index contributed by atoms with van der Waals surface area (Å²) in [5.74, 6) is -0.531. The van der Waals surface area contributed by atoms with Gasteiger partial charge in [0, 0.05) is 10.3 Å². The fourth-order valence-corrected chi connectivity index (χ4v) is 1.67. The van der Waals surface area contributed by atoms with Crippen LogP contribution in [0.2, 0.25) is 0 Å². The van der Waals surface area contributed by atoms with E-state index < -0.39 is 17.4 Å². The van der Waals surface area contributed by atoms with Gasteiger partial charge in [-0.1, -0.05) is 49.3 Å². The highest BCUT2D eigenvalue weighted by Gasteiger charge is 2.36. The Hall–Kier alpha value is -2.00. The Morgan fingerprint density at radius 2 is 2.00 bits per heavy atom. The number of hydrogen-bond donors (Lipinski definition) is 0. The molecular weight excluding hydrogens is 218 g/mol. The molecule has 1 unspecified atom stereocenters. The molecule has 0 bridgehead atoms. The third kappa shape index (κ3) is 2.77. The summed E-state index contributed by atoms with van der Waals surface area (Å²) in [5, 5.41) is 3.55. The van der Waals surface area contributed by atoms with Gasteiger partial charge in [0.2, 0.25) is 0 Å². The highest BCUT2D eigenvalue weighted by Crippen LogP contribution is 2.29. The van der Waals surface area contributed by atoms with Gasteiger partial charge >= 0.3 is 5.97 Å². The zero-order valence-corrected chi connectivity index (χ0v) is 10.1. The molecule has 0 amide bonds. The van der Waals surface area contributed by atoms with Gasteiger partial charge in [0.15, 0.2) is 0 Å². The van der Waals surface area contributed by atoms with Crippen molar-refractivity contribution in [1.29, 1.82) is 0 Å². The summed E-state index contributed by atoms with van der Waals surface area (Å²) >= 11 is 0. The number of azide groups is 1. The second-order valence-corrected chi connectivity index (χ2v) is 4.22. The molecule has 0 aromatic heterocycles. The molecule has 0 aliphatic heterocycles. The standard InChI is InChI=1S/C12H15N3O2/c1-12(2,9-7-5-4-6-8-9)10(14-15-13)11(16)17-3/h4-8,10H,1-3H3. The van der Waals surface area contributed by atoms with Crippen molar-refractivity contribution in [2.24, 2.45) is 5.11 Å². The summed E-state index contributed by atoms with van der Waals surface area (Å²) in [6, 6.07) is 8.55. The van der Waals surface area contributed by atoms with Gasteiger partial charge in [0.05, 0.1) is 7.11 Å². The van der Waals surface area contributed by atoms with E-state index in [2.05, 4.69) is 14.8 Å².